The monoisotopic (exact) mass is 422 g/mol. The number of aromatic amines is 1. The molecule has 1 N–H and O–H groups in total. The Morgan fingerprint density at radius 2 is 2.04 bits per heavy atom. The third-order valence-electron chi connectivity index (χ3n) is 3.26. The molecule has 1 heterocycles. The number of methoxy groups -OCH3 is 1. The van der Waals surface area contributed by atoms with Crippen molar-refractivity contribution in [1.29, 1.82) is 0 Å². The zero-order chi connectivity index (χ0) is 17.1. The second-order valence-electron chi connectivity index (χ2n) is 4.80. The Balaban J connectivity index is 2.02. The summed E-state index contributed by atoms with van der Waals surface area (Å²) in [6.45, 7) is 0. The van der Waals surface area contributed by atoms with Gasteiger partial charge in [-0.3, -0.25) is 0 Å². The third-order valence-corrected chi connectivity index (χ3v) is 4.27. The van der Waals surface area contributed by atoms with Crippen LogP contribution in [0.15, 0.2) is 52.0 Å². The molecule has 0 aliphatic carbocycles. The van der Waals surface area contributed by atoms with Gasteiger partial charge in [0.1, 0.15) is 5.75 Å². The average Bonchev–Trinajstić information content (AvgIpc) is 2.94. The molecule has 0 aliphatic heterocycles. The lowest BCUT2D eigenvalue weighted by molar-refractivity contribution is 0.414. The number of ether oxygens (including phenoxy) is 1. The fourth-order valence-corrected chi connectivity index (χ4v) is 2.79. The van der Waals surface area contributed by atoms with Gasteiger partial charge in [-0.05, 0) is 54.7 Å². The predicted octanol–water partition coefficient (Wildman–Crippen LogP) is 4.91. The Hall–Kier alpha value is -1.96. The van der Waals surface area contributed by atoms with Gasteiger partial charge in [0, 0.05) is 20.6 Å². The normalized spacial score (nSPS) is 11.1. The number of nitrogens with one attached hydrogen (secondary N) is 1. The van der Waals surface area contributed by atoms with Gasteiger partial charge in [-0.15, -0.1) is 0 Å². The van der Waals surface area contributed by atoms with Crippen molar-refractivity contribution in [3.05, 3.63) is 62.3 Å². The van der Waals surface area contributed by atoms with Gasteiger partial charge in [0.25, 0.3) is 0 Å². The lowest BCUT2D eigenvalue weighted by Gasteiger charge is -2.05. The zero-order valence-electron chi connectivity index (χ0n) is 12.5. The highest BCUT2D eigenvalue weighted by molar-refractivity contribution is 9.10. The van der Waals surface area contributed by atoms with E-state index in [0.717, 1.165) is 15.6 Å². The van der Waals surface area contributed by atoms with Gasteiger partial charge in [0.05, 0.1) is 13.3 Å². The molecule has 0 aliphatic rings. The first-order chi connectivity index (χ1) is 11.6. The van der Waals surface area contributed by atoms with E-state index in [1.807, 2.05) is 30.3 Å². The van der Waals surface area contributed by atoms with Crippen molar-refractivity contribution in [2.45, 2.75) is 0 Å². The number of nitrogens with zero attached hydrogens (tertiary/aromatic N) is 3. The molecule has 122 valence electrons. The van der Waals surface area contributed by atoms with Crippen LogP contribution < -0.4 is 4.74 Å². The summed E-state index contributed by atoms with van der Waals surface area (Å²) >= 11 is 14.6. The number of hydrogen-bond donors (Lipinski definition) is 1. The van der Waals surface area contributed by atoms with Crippen LogP contribution in [-0.2, 0) is 0 Å². The van der Waals surface area contributed by atoms with Gasteiger partial charge in [0.15, 0.2) is 5.82 Å². The minimum atomic E-state index is 0.394. The molecule has 8 heteroatoms. The molecule has 2 aromatic carbocycles. The van der Waals surface area contributed by atoms with E-state index in [9.17, 15) is 0 Å². The van der Waals surface area contributed by atoms with E-state index in [4.69, 9.17) is 28.6 Å². The largest absolute Gasteiger partial charge is 0.496 e. The Kier molecular flexibility index (Phi) is 5.13. The summed E-state index contributed by atoms with van der Waals surface area (Å²) in [5, 5.41) is 12.1. The fourth-order valence-electron chi connectivity index (χ4n) is 2.11. The maximum atomic E-state index is 5.93. The minimum absolute atomic E-state index is 0.394. The van der Waals surface area contributed by atoms with Gasteiger partial charge < -0.3 is 4.74 Å². The molecule has 5 nitrogen and oxygen atoms in total. The maximum Gasteiger partial charge on any atom is 0.216 e. The molecule has 3 aromatic rings. The van der Waals surface area contributed by atoms with Gasteiger partial charge in [-0.25, -0.2) is 5.10 Å². The van der Waals surface area contributed by atoms with Crippen LogP contribution in [0, 0.1) is 4.77 Å². The molecule has 0 unspecified atom stereocenters. The highest BCUT2D eigenvalue weighted by atomic mass is 79.9. The summed E-state index contributed by atoms with van der Waals surface area (Å²) in [4.78, 5) is 0. The van der Waals surface area contributed by atoms with Crippen molar-refractivity contribution in [3.63, 3.8) is 0 Å². The first-order valence-electron chi connectivity index (χ1n) is 6.90. The highest BCUT2D eigenvalue weighted by Crippen LogP contribution is 2.23. The summed E-state index contributed by atoms with van der Waals surface area (Å²) in [6, 6.07) is 13.0. The molecular weight excluding hydrogens is 412 g/mol. The van der Waals surface area contributed by atoms with E-state index in [0.29, 0.717) is 21.4 Å². The van der Waals surface area contributed by atoms with Crippen LogP contribution in [0.25, 0.3) is 11.4 Å². The molecule has 1 aromatic heterocycles. The van der Waals surface area contributed by atoms with Gasteiger partial charge in [0.2, 0.25) is 4.77 Å². The Morgan fingerprint density at radius 3 is 2.75 bits per heavy atom. The van der Waals surface area contributed by atoms with E-state index >= 15 is 0 Å². The van der Waals surface area contributed by atoms with Crippen LogP contribution in [0.5, 0.6) is 5.75 Å². The van der Waals surface area contributed by atoms with E-state index in [1.54, 1.807) is 30.1 Å². The SMILES string of the molecule is COc1ccc(Br)cc1/C=N/n1c(-c2ccc(Cl)cc2)n[nH]c1=S. The van der Waals surface area contributed by atoms with Crippen LogP contribution in [-0.4, -0.2) is 28.2 Å². The fraction of sp³-hybridized carbons (Fsp3) is 0.0625. The maximum absolute atomic E-state index is 5.93. The van der Waals surface area contributed by atoms with E-state index in [1.165, 1.54) is 0 Å². The number of hydrogen-bond acceptors (Lipinski definition) is 4. The molecule has 0 atom stereocenters. The molecule has 24 heavy (non-hydrogen) atoms. The van der Waals surface area contributed by atoms with Crippen LogP contribution in [0.4, 0.5) is 0 Å². The Morgan fingerprint density at radius 1 is 1.29 bits per heavy atom. The van der Waals surface area contributed by atoms with Crippen molar-refractivity contribution in [2.75, 3.05) is 7.11 Å². The molecular formula is C16H12BrClN4OS. The summed E-state index contributed by atoms with van der Waals surface area (Å²) in [6.07, 6.45) is 1.67. The number of H-pyrrole nitrogens is 1. The van der Waals surface area contributed by atoms with Crippen molar-refractivity contribution in [2.24, 2.45) is 5.10 Å². The van der Waals surface area contributed by atoms with Gasteiger partial charge >= 0.3 is 0 Å². The topological polar surface area (TPSA) is 55.2 Å². The Bertz CT molecular complexity index is 949. The minimum Gasteiger partial charge on any atom is -0.496 e. The number of aromatic nitrogens is 3. The second-order valence-corrected chi connectivity index (χ2v) is 6.54. The molecule has 0 radical (unpaired) electrons. The second kappa shape index (κ2) is 7.29. The summed E-state index contributed by atoms with van der Waals surface area (Å²) in [7, 11) is 1.61. The predicted molar refractivity (Wildman–Crippen MR) is 102 cm³/mol. The third kappa shape index (κ3) is 3.58. The average molecular weight is 424 g/mol. The zero-order valence-corrected chi connectivity index (χ0v) is 15.7. The molecule has 0 amide bonds. The van der Waals surface area contributed by atoms with E-state index in [-0.39, 0.29) is 0 Å². The van der Waals surface area contributed by atoms with Crippen molar-refractivity contribution in [3.8, 4) is 17.1 Å². The molecule has 0 fully saturated rings. The molecule has 0 spiro atoms. The first kappa shape index (κ1) is 16.9. The van der Waals surface area contributed by atoms with Crippen LogP contribution >= 0.6 is 39.7 Å². The summed E-state index contributed by atoms with van der Waals surface area (Å²) in [5.41, 5.74) is 1.67. The first-order valence-corrected chi connectivity index (χ1v) is 8.47. The number of rotatable bonds is 4. The molecule has 3 rings (SSSR count). The Labute approximate surface area is 157 Å². The van der Waals surface area contributed by atoms with E-state index in [2.05, 4.69) is 31.2 Å². The lowest BCUT2D eigenvalue weighted by atomic mass is 10.2. The standard InChI is InChI=1S/C16H12BrClN4OS/c1-23-14-7-4-12(17)8-11(14)9-19-22-15(20-21-16(22)24)10-2-5-13(18)6-3-10/h2-9H,1H3,(H,21,24)/b19-9+. The quantitative estimate of drug-likeness (QED) is 0.479. The van der Waals surface area contributed by atoms with Crippen molar-refractivity contribution >= 4 is 46.0 Å². The van der Waals surface area contributed by atoms with Crippen LogP contribution in [0.1, 0.15) is 5.56 Å². The number of halogens is 2. The van der Waals surface area contributed by atoms with E-state index < -0.39 is 0 Å². The van der Waals surface area contributed by atoms with Crippen LogP contribution in [0.2, 0.25) is 5.02 Å². The van der Waals surface area contributed by atoms with Crippen molar-refractivity contribution < 1.29 is 4.74 Å². The molecule has 0 saturated heterocycles. The van der Waals surface area contributed by atoms with Crippen molar-refractivity contribution in [1.82, 2.24) is 14.9 Å². The summed E-state index contributed by atoms with van der Waals surface area (Å²) < 4.78 is 8.22. The lowest BCUT2D eigenvalue weighted by Crippen LogP contribution is -1.96. The van der Waals surface area contributed by atoms with Crippen LogP contribution in [0.3, 0.4) is 0 Å². The van der Waals surface area contributed by atoms with Gasteiger partial charge in [-0.1, -0.05) is 27.5 Å². The highest BCUT2D eigenvalue weighted by Gasteiger charge is 2.08. The summed E-state index contributed by atoms with van der Waals surface area (Å²) in [5.74, 6) is 1.31. The number of benzene rings is 2. The molecule has 0 saturated carbocycles. The van der Waals surface area contributed by atoms with Gasteiger partial charge in [-0.2, -0.15) is 14.9 Å². The molecule has 0 bridgehead atoms. The smallest absolute Gasteiger partial charge is 0.216 e.